The second kappa shape index (κ2) is 63.1. The van der Waals surface area contributed by atoms with Crippen LogP contribution in [0.2, 0.25) is 0 Å². The fourth-order valence-electron chi connectivity index (χ4n) is 12.0. The van der Waals surface area contributed by atoms with Gasteiger partial charge in [-0.15, -0.1) is 0 Å². The number of guanidine groups is 1. The molecular formula is C82H150N20O23. The number of aliphatic hydroxyl groups excluding tert-OH is 1. The Labute approximate surface area is 739 Å². The predicted octanol–water partition coefficient (Wildman–Crippen LogP) is 7.56. The van der Waals surface area contributed by atoms with Crippen molar-refractivity contribution in [2.24, 2.45) is 10.7 Å². The first kappa shape index (κ1) is 114. The van der Waals surface area contributed by atoms with E-state index in [1.807, 2.05) is 53.0 Å². The van der Waals surface area contributed by atoms with Gasteiger partial charge in [0.1, 0.15) is 61.2 Å². The summed E-state index contributed by atoms with van der Waals surface area (Å²) in [7, 11) is 22.9. The molecule has 0 radical (unpaired) electrons. The third kappa shape index (κ3) is 48.9. The summed E-state index contributed by atoms with van der Waals surface area (Å²) in [6.45, 7) is 23.7. The molecule has 8 atom stereocenters. The van der Waals surface area contributed by atoms with Crippen LogP contribution >= 0.6 is 0 Å². The fourth-order valence-corrected chi connectivity index (χ4v) is 12.0. The van der Waals surface area contributed by atoms with Crippen LogP contribution in [-0.4, -0.2) is 417 Å². The van der Waals surface area contributed by atoms with E-state index in [4.69, 9.17) is 60.1 Å². The van der Waals surface area contributed by atoms with Crippen molar-refractivity contribution in [3.63, 3.8) is 0 Å². The van der Waals surface area contributed by atoms with E-state index in [2.05, 4.69) is 38.9 Å². The van der Waals surface area contributed by atoms with E-state index in [9.17, 15) is 62.3 Å². The van der Waals surface area contributed by atoms with E-state index in [0.717, 1.165) is 136 Å². The van der Waals surface area contributed by atoms with Crippen molar-refractivity contribution in [1.29, 1.82) is 16.1 Å². The maximum Gasteiger partial charge on any atom is 0.410 e. The number of Topliss-reactive ketones (excluding diaryl/α,β-unsaturated/α-hetero) is 1. The van der Waals surface area contributed by atoms with Gasteiger partial charge in [-0.05, 0) is 90.9 Å². The Bertz CT molecular complexity index is 3230. The van der Waals surface area contributed by atoms with Crippen molar-refractivity contribution >= 4 is 96.0 Å². The number of nitrogens with zero attached hydrogens (tertiary/aromatic N) is 15. The first-order valence-corrected chi connectivity index (χ1v) is 42.6. The number of rotatable bonds is 19. The first-order valence-electron chi connectivity index (χ1n) is 42.6. The lowest BCUT2D eigenvalue weighted by molar-refractivity contribution is -0.131. The number of nitrogens with two attached hydrogens (primary N) is 1. The number of aliphatic imine (C=N–C) groups is 1. The van der Waals surface area contributed by atoms with E-state index in [0.29, 0.717) is 94.8 Å². The van der Waals surface area contributed by atoms with Gasteiger partial charge in [0.05, 0.1) is 77.9 Å². The summed E-state index contributed by atoms with van der Waals surface area (Å²) in [5.41, 5.74) is 5.81. The SMILES string of the molecule is C.CC(=N)CC[C@@H]1CN(C)C(=O)O1.CCCCC(=O)CC[C@@H]1CN(C)C(=O)O1.CCCCC[C@@H]1CN(C)C(=O)O1.CC[C@@H]1CN(C)C(=O)O1.CC[C@H]1CN(C)C(=O)O1.CN1CCCC1=O.CN1CCCCC1=O.CN1CCN=C1NC#N.CN1CCNC1=O.CN1CCOC1=O.CN1C[C@@H](CO)OC1=O.CN1C[C@H](CCC(=N)N)OC1=O.C[C@@H]1CN(C)C(=O)O1. The highest BCUT2D eigenvalue weighted by molar-refractivity contribution is 5.83. The number of nitrogens with one attached hydrogen (secondary N) is 4. The van der Waals surface area contributed by atoms with Gasteiger partial charge in [-0.3, -0.25) is 30.1 Å². The predicted molar refractivity (Wildman–Crippen MR) is 467 cm³/mol. The molecule has 13 rings (SSSR count). The molecule has 0 aromatic rings. The summed E-state index contributed by atoms with van der Waals surface area (Å²) in [5.74, 6) is 1.69. The van der Waals surface area contributed by atoms with Gasteiger partial charge >= 0.3 is 60.9 Å². The monoisotopic (exact) mass is 1780 g/mol. The molecule has 125 heavy (non-hydrogen) atoms. The summed E-state index contributed by atoms with van der Waals surface area (Å²) >= 11 is 0. The number of unbranched alkanes of at least 4 members (excludes halogenated alkanes) is 3. The zero-order valence-corrected chi connectivity index (χ0v) is 77.0. The van der Waals surface area contributed by atoms with E-state index in [1.165, 1.54) is 35.5 Å². The highest BCUT2D eigenvalue weighted by Gasteiger charge is 2.33. The van der Waals surface area contributed by atoms with Crippen LogP contribution in [0.15, 0.2) is 4.99 Å². The number of ketones is 1. The molecule has 0 aromatic carbocycles. The second-order valence-electron chi connectivity index (χ2n) is 31.6. The van der Waals surface area contributed by atoms with Crippen LogP contribution in [0, 0.1) is 22.3 Å². The Morgan fingerprint density at radius 1 is 0.456 bits per heavy atom. The molecule has 0 bridgehead atoms. The summed E-state index contributed by atoms with van der Waals surface area (Å²) in [5, 5.41) is 36.0. The van der Waals surface area contributed by atoms with E-state index < -0.39 is 0 Å². The molecule has 43 nitrogen and oxygen atoms in total. The van der Waals surface area contributed by atoms with Crippen LogP contribution in [0.1, 0.15) is 177 Å². The molecule has 0 saturated carbocycles. The van der Waals surface area contributed by atoms with Crippen molar-refractivity contribution in [2.75, 3.05) is 203 Å². The number of hydrogen-bond donors (Lipinski definition) is 6. The first-order chi connectivity index (χ1) is 58.5. The van der Waals surface area contributed by atoms with Gasteiger partial charge in [0.15, 0.2) is 6.19 Å². The van der Waals surface area contributed by atoms with Gasteiger partial charge in [-0.2, -0.15) is 5.26 Å². The van der Waals surface area contributed by atoms with Crippen molar-refractivity contribution < 1.29 is 110 Å². The number of amidine groups is 1. The molecule has 12 fully saturated rings. The van der Waals surface area contributed by atoms with Crippen LogP contribution in [0.4, 0.5) is 47.9 Å². The Hall–Kier alpha value is -10.8. The van der Waals surface area contributed by atoms with Crippen LogP contribution < -0.4 is 16.4 Å². The van der Waals surface area contributed by atoms with E-state index >= 15 is 0 Å². The minimum absolute atomic E-state index is 0. The maximum atomic E-state index is 11.4. The van der Waals surface area contributed by atoms with Crippen molar-refractivity contribution in [2.45, 2.75) is 226 Å². The van der Waals surface area contributed by atoms with Crippen molar-refractivity contribution in [3.05, 3.63) is 0 Å². The number of ether oxygens (including phenoxy) is 9. The molecule has 0 spiro atoms. The Balaban J connectivity index is 0.00000134. The van der Waals surface area contributed by atoms with Gasteiger partial charge in [-0.25, -0.2) is 47.9 Å². The highest BCUT2D eigenvalue weighted by atomic mass is 16.6. The second-order valence-corrected chi connectivity index (χ2v) is 31.6. The molecule has 43 heteroatoms. The average Bonchev–Trinajstić information content (AvgIpc) is 1.85. The number of likely N-dealkylation sites (N-methyl/N-ethyl adjacent to an activating group) is 11. The van der Waals surface area contributed by atoms with Crippen LogP contribution in [0.5, 0.6) is 0 Å². The number of likely N-dealkylation sites (tertiary alicyclic amines) is 2. The highest BCUT2D eigenvalue weighted by Crippen LogP contribution is 2.20. The Morgan fingerprint density at radius 2 is 0.848 bits per heavy atom. The van der Waals surface area contributed by atoms with Gasteiger partial charge in [0, 0.05) is 162 Å². The average molecular weight is 1780 g/mol. The molecule has 13 aliphatic rings. The maximum absolute atomic E-state index is 11.4. The fraction of sp³-hybridized carbons (Fsp3) is 0.793. The Morgan fingerprint density at radius 3 is 1.08 bits per heavy atom. The molecule has 0 aliphatic carbocycles. The summed E-state index contributed by atoms with van der Waals surface area (Å²) in [6, 6.07) is 0.0417. The number of cyclic esters (lactones) is 9. The third-order valence-corrected chi connectivity index (χ3v) is 20.0. The summed E-state index contributed by atoms with van der Waals surface area (Å²) < 4.78 is 43.9. The van der Waals surface area contributed by atoms with Gasteiger partial charge < -0.3 is 128 Å². The number of carbonyl (C=O) groups is 13. The lowest BCUT2D eigenvalue weighted by Crippen LogP contribution is -2.32. The van der Waals surface area contributed by atoms with Gasteiger partial charge in [0.2, 0.25) is 17.8 Å². The summed E-state index contributed by atoms with van der Waals surface area (Å²) in [6.07, 6.45) is 17.4. The van der Waals surface area contributed by atoms with Crippen molar-refractivity contribution in [1.82, 2.24) is 74.3 Å². The van der Waals surface area contributed by atoms with Crippen LogP contribution in [0.25, 0.3) is 0 Å². The van der Waals surface area contributed by atoms with E-state index in [1.54, 1.807) is 126 Å². The zero-order chi connectivity index (χ0) is 93.7. The molecule has 7 N–H and O–H groups in total. The molecule has 0 unspecified atom stereocenters. The van der Waals surface area contributed by atoms with Crippen LogP contribution in [-0.2, 0) is 57.0 Å². The van der Waals surface area contributed by atoms with Crippen LogP contribution in [0.3, 0.4) is 0 Å². The minimum atomic E-state index is -0.353. The standard InChI is InChI=1S/C11H19NO3.C9H17NO2.C8H14N2O2.C7H13N3O2.2C6H11NO2.C6H11NO.C5H8N4.C5H9NO3.C5H9NO2.C5H9NO.C4H8N2O.C4H7NO2.CH4/c1-3-4-5-9(13)6-7-10-8-12(2)11(14)15-10;1-3-4-5-6-8-7-10(2)9(11)12-8;1-6(9)3-4-7-5-10(2)8(11)12-7;1-10-4-5(12-7(10)11)2-3-6(8)9;2*1-3-5-4-7(2)6(8)9-5;1-7-5-3-2-4-6(7)8;1-9-3-2-7-5(9)8-4-6;1-6-2-4(3-7)9-5(6)8;1-4-3-6(2)5(7)8-4;1-6-4-2-3-5(6)7;1-6-3-2-5-4(6)7;1-5-2-3-7-4(5)6;/h10H,3-8H2,1-2H3;8H,3-7H2,1-2H3;7,9H,3-5H2,1-2H3;5H,2-4H2,1H3,(H3,8,9);2*5H,3-4H2,1-2H3;2-5H2,1H3;2-3H2,1H3,(H,7,8);4,7H,2-3H2,1H3;4H,3H2,1-2H3;2-4H2,1H3;2-3H2,1H3,(H,5,7);2-3H2,1H3;1H4/t10-;8-;7-;3*5-;;;2*4-;;;;/m111010..01..../s1. The summed E-state index contributed by atoms with van der Waals surface area (Å²) in [4.78, 5) is 164. The molecule has 13 amide bonds. The van der Waals surface area contributed by atoms with Gasteiger partial charge in [0.25, 0.3) is 0 Å². The number of hydrogen-bond acceptors (Lipinski definition) is 29. The number of urea groups is 1. The van der Waals surface area contributed by atoms with Crippen molar-refractivity contribution in [3.8, 4) is 6.19 Å². The molecule has 12 saturated heterocycles. The number of amides is 13. The van der Waals surface area contributed by atoms with Gasteiger partial charge in [-0.1, -0.05) is 54.4 Å². The molecule has 0 aromatic heterocycles. The third-order valence-electron chi connectivity index (χ3n) is 20.0. The molecule has 13 heterocycles. The number of piperidine rings is 1. The molecule has 13 aliphatic heterocycles. The molecular weight excluding hydrogens is 1630 g/mol. The zero-order valence-electron chi connectivity index (χ0n) is 77.0. The lowest BCUT2D eigenvalue weighted by Gasteiger charge is -2.21. The number of carbonyl (C=O) groups excluding carboxylic acids is 13. The normalized spacial score (nSPS) is 22.6. The topological polar surface area (TPSA) is 501 Å². The number of nitriles is 1. The Kier molecular flexibility index (Phi) is 57.7. The quantitative estimate of drug-likeness (QED) is 0.0181. The lowest BCUT2D eigenvalue weighted by atomic mass is 10.1. The molecule has 716 valence electrons. The smallest absolute Gasteiger partial charge is 0.410 e. The van der Waals surface area contributed by atoms with E-state index in [-0.39, 0.29) is 135 Å². The number of aliphatic hydroxyl groups is 1. The largest absolute Gasteiger partial charge is 0.448 e. The minimum Gasteiger partial charge on any atom is -0.448 e.